The minimum Gasteiger partial charge on any atom is -0.0773 e. The molecule has 0 saturated heterocycles. The Kier molecular flexibility index (Phi) is 4.54. The topological polar surface area (TPSA) is 0 Å². The molecule has 0 amide bonds. The van der Waals surface area contributed by atoms with Crippen LogP contribution in [-0.4, -0.2) is 0 Å². The van der Waals surface area contributed by atoms with E-state index in [4.69, 9.17) is 0 Å². The fourth-order valence-corrected chi connectivity index (χ4v) is 1.83. The van der Waals surface area contributed by atoms with Gasteiger partial charge in [-0.2, -0.15) is 0 Å². The molecule has 0 nitrogen and oxygen atoms in total. The lowest BCUT2D eigenvalue weighted by atomic mass is 10.0. The number of allylic oxidation sites excluding steroid dienone is 3. The Morgan fingerprint density at radius 2 is 1.39 bits per heavy atom. The SMILES string of the molecule is C[C@H](/C=C/C=C/c1ccccc1)c1ccccc1. The van der Waals surface area contributed by atoms with Gasteiger partial charge in [-0.3, -0.25) is 0 Å². The molecule has 2 rings (SSSR count). The Labute approximate surface area is 109 Å². The van der Waals surface area contributed by atoms with Gasteiger partial charge in [0.15, 0.2) is 0 Å². The van der Waals surface area contributed by atoms with Gasteiger partial charge < -0.3 is 0 Å². The highest BCUT2D eigenvalue weighted by Gasteiger charge is 1.97. The van der Waals surface area contributed by atoms with Crippen molar-refractivity contribution in [3.05, 3.63) is 90.0 Å². The molecule has 0 spiro atoms. The molecule has 0 fully saturated rings. The number of rotatable bonds is 4. The fraction of sp³-hybridized carbons (Fsp3) is 0.111. The van der Waals surface area contributed by atoms with Crippen LogP contribution in [0, 0.1) is 0 Å². The minimum atomic E-state index is 0.451. The lowest BCUT2D eigenvalue weighted by Gasteiger charge is -2.04. The zero-order valence-corrected chi connectivity index (χ0v) is 10.7. The molecule has 0 heteroatoms. The summed E-state index contributed by atoms with van der Waals surface area (Å²) in [6.45, 7) is 2.21. The van der Waals surface area contributed by atoms with Crippen LogP contribution in [0.4, 0.5) is 0 Å². The van der Waals surface area contributed by atoms with E-state index in [1.807, 2.05) is 6.07 Å². The molecule has 0 radical (unpaired) electrons. The van der Waals surface area contributed by atoms with Gasteiger partial charge in [-0.1, -0.05) is 91.9 Å². The van der Waals surface area contributed by atoms with E-state index in [2.05, 4.69) is 85.8 Å². The molecule has 2 aromatic rings. The van der Waals surface area contributed by atoms with Gasteiger partial charge >= 0.3 is 0 Å². The third kappa shape index (κ3) is 3.74. The molecule has 0 unspecified atom stereocenters. The maximum atomic E-state index is 2.22. The van der Waals surface area contributed by atoms with Crippen LogP contribution >= 0.6 is 0 Å². The largest absolute Gasteiger partial charge is 0.0773 e. The summed E-state index contributed by atoms with van der Waals surface area (Å²) in [4.78, 5) is 0. The highest BCUT2D eigenvalue weighted by atomic mass is 14.0. The number of benzene rings is 2. The average Bonchev–Trinajstić information content (AvgIpc) is 2.45. The molecule has 0 bridgehead atoms. The van der Waals surface area contributed by atoms with E-state index in [0.29, 0.717) is 5.92 Å². The van der Waals surface area contributed by atoms with Crippen LogP contribution in [0.1, 0.15) is 24.0 Å². The standard InChI is InChI=1S/C18H18/c1-16(18-14-6-3-7-15-18)10-8-9-13-17-11-4-2-5-12-17/h2-16H,1H3/b10-8+,13-9+/t16-/m1/s1. The predicted molar refractivity (Wildman–Crippen MR) is 79.5 cm³/mol. The highest BCUT2D eigenvalue weighted by Crippen LogP contribution is 2.15. The first-order chi connectivity index (χ1) is 8.86. The van der Waals surface area contributed by atoms with Crippen molar-refractivity contribution in [2.45, 2.75) is 12.8 Å². The van der Waals surface area contributed by atoms with E-state index in [9.17, 15) is 0 Å². The zero-order valence-electron chi connectivity index (χ0n) is 10.7. The first-order valence-corrected chi connectivity index (χ1v) is 6.31. The maximum absolute atomic E-state index is 2.22. The van der Waals surface area contributed by atoms with Crippen LogP contribution in [0.15, 0.2) is 78.9 Å². The van der Waals surface area contributed by atoms with Gasteiger partial charge in [-0.05, 0) is 17.0 Å². The molecule has 0 aliphatic heterocycles. The highest BCUT2D eigenvalue weighted by molar-refractivity contribution is 5.50. The molecule has 90 valence electrons. The second-order valence-corrected chi connectivity index (χ2v) is 4.35. The average molecular weight is 234 g/mol. The van der Waals surface area contributed by atoms with Crippen molar-refractivity contribution in [3.8, 4) is 0 Å². The van der Waals surface area contributed by atoms with Crippen molar-refractivity contribution < 1.29 is 0 Å². The molecule has 2 aromatic carbocycles. The molecular weight excluding hydrogens is 216 g/mol. The summed E-state index contributed by atoms with van der Waals surface area (Å²) in [7, 11) is 0. The van der Waals surface area contributed by atoms with E-state index in [1.165, 1.54) is 11.1 Å². The lowest BCUT2D eigenvalue weighted by molar-refractivity contribution is 0.968. The third-order valence-corrected chi connectivity index (χ3v) is 2.92. The first kappa shape index (κ1) is 12.4. The van der Waals surface area contributed by atoms with Crippen molar-refractivity contribution in [2.24, 2.45) is 0 Å². The van der Waals surface area contributed by atoms with E-state index in [0.717, 1.165) is 0 Å². The smallest absolute Gasteiger partial charge is 0.000732 e. The van der Waals surface area contributed by atoms with Crippen molar-refractivity contribution in [1.82, 2.24) is 0 Å². The van der Waals surface area contributed by atoms with Gasteiger partial charge in [0.1, 0.15) is 0 Å². The van der Waals surface area contributed by atoms with E-state index >= 15 is 0 Å². The molecule has 0 aromatic heterocycles. The van der Waals surface area contributed by atoms with Crippen LogP contribution in [0.3, 0.4) is 0 Å². The van der Waals surface area contributed by atoms with Gasteiger partial charge in [0, 0.05) is 0 Å². The molecule has 0 N–H and O–H groups in total. The molecule has 0 heterocycles. The summed E-state index contributed by atoms with van der Waals surface area (Å²) in [5.41, 5.74) is 2.58. The summed E-state index contributed by atoms with van der Waals surface area (Å²) in [5.74, 6) is 0.451. The zero-order chi connectivity index (χ0) is 12.6. The number of hydrogen-bond donors (Lipinski definition) is 0. The van der Waals surface area contributed by atoms with Crippen molar-refractivity contribution in [1.29, 1.82) is 0 Å². The molecule has 1 atom stereocenters. The first-order valence-electron chi connectivity index (χ1n) is 6.31. The van der Waals surface area contributed by atoms with Crippen LogP contribution in [0.2, 0.25) is 0 Å². The van der Waals surface area contributed by atoms with Gasteiger partial charge in [0.05, 0.1) is 0 Å². The normalized spacial score (nSPS) is 13.2. The summed E-state index contributed by atoms with van der Waals surface area (Å²) in [6, 6.07) is 20.9. The van der Waals surface area contributed by atoms with Crippen LogP contribution in [-0.2, 0) is 0 Å². The van der Waals surface area contributed by atoms with E-state index < -0.39 is 0 Å². The second-order valence-electron chi connectivity index (χ2n) is 4.35. The second kappa shape index (κ2) is 6.61. The van der Waals surface area contributed by atoms with Gasteiger partial charge in [0.25, 0.3) is 0 Å². The summed E-state index contributed by atoms with van der Waals surface area (Å²) in [5, 5.41) is 0. The Bertz CT molecular complexity index is 506. The molecule has 0 aliphatic rings. The maximum Gasteiger partial charge on any atom is -0.000732 e. The van der Waals surface area contributed by atoms with Gasteiger partial charge in [-0.25, -0.2) is 0 Å². The Morgan fingerprint density at radius 3 is 2.06 bits per heavy atom. The minimum absolute atomic E-state index is 0.451. The Morgan fingerprint density at radius 1 is 0.778 bits per heavy atom. The van der Waals surface area contributed by atoms with Gasteiger partial charge in [0.2, 0.25) is 0 Å². The van der Waals surface area contributed by atoms with Crippen LogP contribution in [0.5, 0.6) is 0 Å². The Hall–Kier alpha value is -2.08. The van der Waals surface area contributed by atoms with Crippen LogP contribution in [0.25, 0.3) is 6.08 Å². The number of hydrogen-bond acceptors (Lipinski definition) is 0. The molecular formula is C18H18. The van der Waals surface area contributed by atoms with Crippen molar-refractivity contribution >= 4 is 6.08 Å². The van der Waals surface area contributed by atoms with Crippen LogP contribution < -0.4 is 0 Å². The van der Waals surface area contributed by atoms with E-state index in [-0.39, 0.29) is 0 Å². The summed E-state index contributed by atoms with van der Waals surface area (Å²) >= 11 is 0. The fourth-order valence-electron chi connectivity index (χ4n) is 1.83. The quantitative estimate of drug-likeness (QED) is 0.649. The molecule has 0 aliphatic carbocycles. The van der Waals surface area contributed by atoms with Crippen molar-refractivity contribution in [3.63, 3.8) is 0 Å². The van der Waals surface area contributed by atoms with E-state index in [1.54, 1.807) is 0 Å². The predicted octanol–water partition coefficient (Wildman–Crippen LogP) is 5.06. The molecule has 0 saturated carbocycles. The lowest BCUT2D eigenvalue weighted by Crippen LogP contribution is -1.86. The van der Waals surface area contributed by atoms with Crippen molar-refractivity contribution in [2.75, 3.05) is 0 Å². The summed E-state index contributed by atoms with van der Waals surface area (Å²) in [6.07, 6.45) is 8.54. The summed E-state index contributed by atoms with van der Waals surface area (Å²) < 4.78 is 0. The third-order valence-electron chi connectivity index (χ3n) is 2.92. The molecule has 18 heavy (non-hydrogen) atoms. The Balaban J connectivity index is 1.94. The van der Waals surface area contributed by atoms with Gasteiger partial charge in [-0.15, -0.1) is 0 Å². The monoisotopic (exact) mass is 234 g/mol.